The molecule has 23 heavy (non-hydrogen) atoms. The van der Waals surface area contributed by atoms with E-state index in [0.29, 0.717) is 23.6 Å². The zero-order valence-electron chi connectivity index (χ0n) is 12.8. The number of hydrogen-bond acceptors (Lipinski definition) is 3. The Balaban J connectivity index is 1.96. The van der Waals surface area contributed by atoms with Gasteiger partial charge in [0.05, 0.1) is 12.2 Å². The number of hydrogen-bond donors (Lipinski definition) is 2. The monoisotopic (exact) mass is 314 g/mol. The van der Waals surface area contributed by atoms with E-state index in [4.69, 9.17) is 0 Å². The van der Waals surface area contributed by atoms with E-state index in [2.05, 4.69) is 5.32 Å². The quantitative estimate of drug-likeness (QED) is 0.889. The molecule has 4 rings (SSSR count). The summed E-state index contributed by atoms with van der Waals surface area (Å²) in [4.78, 5) is 13.0. The number of aromatic nitrogens is 1. The Morgan fingerprint density at radius 3 is 2.91 bits per heavy atom. The second kappa shape index (κ2) is 5.58. The summed E-state index contributed by atoms with van der Waals surface area (Å²) in [5, 5.41) is 13.1. The van der Waals surface area contributed by atoms with Crippen LogP contribution in [-0.4, -0.2) is 22.8 Å². The number of aliphatic hydroxyl groups excluding tert-OH is 1. The molecule has 2 N–H and O–H groups in total. The van der Waals surface area contributed by atoms with E-state index in [1.807, 2.05) is 6.07 Å². The van der Waals surface area contributed by atoms with Crippen LogP contribution in [0.15, 0.2) is 35.1 Å². The number of nitrogens with zero attached hydrogens (tertiary/aromatic N) is 1. The molecule has 1 saturated heterocycles. The van der Waals surface area contributed by atoms with Gasteiger partial charge in [0.2, 0.25) is 0 Å². The van der Waals surface area contributed by atoms with Crippen LogP contribution in [0, 0.1) is 11.7 Å². The van der Waals surface area contributed by atoms with Gasteiger partial charge in [0, 0.05) is 30.3 Å². The van der Waals surface area contributed by atoms with Crippen LogP contribution in [0.2, 0.25) is 0 Å². The first-order valence-corrected chi connectivity index (χ1v) is 8.02. The van der Waals surface area contributed by atoms with Crippen LogP contribution >= 0.6 is 0 Å². The summed E-state index contributed by atoms with van der Waals surface area (Å²) in [6, 6.07) is 8.14. The van der Waals surface area contributed by atoms with Crippen LogP contribution in [0.1, 0.15) is 23.6 Å². The van der Waals surface area contributed by atoms with Gasteiger partial charge in [-0.25, -0.2) is 4.39 Å². The molecule has 2 aliphatic heterocycles. The standard InChI is InChI=1S/C18H19FN2O2/c19-15-4-2-1-3-14(15)17-13(10-22)6-16-12-5-11(7-20-8-12)9-21(16)18(17)23/h1-4,6,11-12,20,22H,5,7-10H2. The molecule has 3 heterocycles. The lowest BCUT2D eigenvalue weighted by Gasteiger charge is -2.38. The third-order valence-electron chi connectivity index (χ3n) is 5.03. The van der Waals surface area contributed by atoms with Gasteiger partial charge in [-0.2, -0.15) is 0 Å². The molecule has 2 unspecified atom stereocenters. The number of fused-ring (bicyclic) bond motifs is 4. The first-order chi connectivity index (χ1) is 11.2. The van der Waals surface area contributed by atoms with E-state index >= 15 is 0 Å². The predicted molar refractivity (Wildman–Crippen MR) is 85.7 cm³/mol. The van der Waals surface area contributed by atoms with Gasteiger partial charge in [-0.3, -0.25) is 4.79 Å². The molecule has 120 valence electrons. The van der Waals surface area contributed by atoms with Crippen molar-refractivity contribution in [1.82, 2.24) is 9.88 Å². The Morgan fingerprint density at radius 2 is 2.13 bits per heavy atom. The van der Waals surface area contributed by atoms with Crippen molar-refractivity contribution in [1.29, 1.82) is 0 Å². The Kier molecular flexibility index (Phi) is 3.54. The highest BCUT2D eigenvalue weighted by Gasteiger charge is 2.32. The molecule has 0 aliphatic carbocycles. The highest BCUT2D eigenvalue weighted by atomic mass is 19.1. The van der Waals surface area contributed by atoms with Crippen molar-refractivity contribution in [2.75, 3.05) is 13.1 Å². The fraction of sp³-hybridized carbons (Fsp3) is 0.389. The van der Waals surface area contributed by atoms with Crippen molar-refractivity contribution < 1.29 is 9.50 Å². The normalized spacial score (nSPS) is 22.7. The third kappa shape index (κ3) is 2.31. The molecule has 2 aromatic rings. The Labute approximate surface area is 133 Å². The van der Waals surface area contributed by atoms with Crippen molar-refractivity contribution in [2.45, 2.75) is 25.5 Å². The largest absolute Gasteiger partial charge is 0.392 e. The summed E-state index contributed by atoms with van der Waals surface area (Å²) in [6.45, 7) is 2.15. The number of halogens is 1. The van der Waals surface area contributed by atoms with Crippen LogP contribution in [-0.2, 0) is 13.2 Å². The fourth-order valence-electron chi connectivity index (χ4n) is 3.97. The van der Waals surface area contributed by atoms with Crippen molar-refractivity contribution >= 4 is 0 Å². The molecule has 2 bridgehead atoms. The summed E-state index contributed by atoms with van der Waals surface area (Å²) >= 11 is 0. The number of aliphatic hydroxyl groups is 1. The molecule has 5 heteroatoms. The second-order valence-electron chi connectivity index (χ2n) is 6.48. The van der Waals surface area contributed by atoms with Gasteiger partial charge >= 0.3 is 0 Å². The van der Waals surface area contributed by atoms with E-state index < -0.39 is 5.82 Å². The van der Waals surface area contributed by atoms with Crippen LogP contribution in [0.5, 0.6) is 0 Å². The summed E-state index contributed by atoms with van der Waals surface area (Å²) in [5.41, 5.74) is 1.85. The highest BCUT2D eigenvalue weighted by Crippen LogP contribution is 2.34. The molecule has 2 atom stereocenters. The zero-order chi connectivity index (χ0) is 16.0. The second-order valence-corrected chi connectivity index (χ2v) is 6.48. The number of nitrogens with one attached hydrogen (secondary N) is 1. The number of pyridine rings is 1. The molecule has 1 aromatic carbocycles. The number of piperidine rings is 1. The number of rotatable bonds is 2. The lowest BCUT2D eigenvalue weighted by Crippen LogP contribution is -2.45. The molecule has 1 aromatic heterocycles. The van der Waals surface area contributed by atoms with Crippen LogP contribution in [0.25, 0.3) is 11.1 Å². The molecule has 0 radical (unpaired) electrons. The third-order valence-corrected chi connectivity index (χ3v) is 5.03. The molecule has 4 nitrogen and oxygen atoms in total. The Bertz CT molecular complexity index is 815. The maximum absolute atomic E-state index is 14.2. The van der Waals surface area contributed by atoms with E-state index in [1.54, 1.807) is 22.8 Å². The molecular weight excluding hydrogens is 295 g/mol. The molecule has 0 spiro atoms. The van der Waals surface area contributed by atoms with E-state index in [1.165, 1.54) is 6.07 Å². The maximum atomic E-state index is 14.2. The maximum Gasteiger partial charge on any atom is 0.259 e. The van der Waals surface area contributed by atoms with Gasteiger partial charge in [-0.1, -0.05) is 18.2 Å². The Hall–Kier alpha value is -1.98. The smallest absolute Gasteiger partial charge is 0.259 e. The minimum atomic E-state index is -0.433. The first kappa shape index (κ1) is 14.6. The van der Waals surface area contributed by atoms with E-state index in [-0.39, 0.29) is 23.6 Å². The molecule has 0 amide bonds. The molecular formula is C18H19FN2O2. The highest BCUT2D eigenvalue weighted by molar-refractivity contribution is 5.67. The molecule has 1 fully saturated rings. The summed E-state index contributed by atoms with van der Waals surface area (Å²) in [7, 11) is 0. The first-order valence-electron chi connectivity index (χ1n) is 8.02. The van der Waals surface area contributed by atoms with Gasteiger partial charge in [-0.15, -0.1) is 0 Å². The predicted octanol–water partition coefficient (Wildman–Crippen LogP) is 1.85. The van der Waals surface area contributed by atoms with Gasteiger partial charge in [-0.05, 0) is 36.6 Å². The minimum absolute atomic E-state index is 0.187. The van der Waals surface area contributed by atoms with Crippen molar-refractivity contribution in [3.8, 4) is 11.1 Å². The summed E-state index contributed by atoms with van der Waals surface area (Å²) in [5.74, 6) is 0.292. The van der Waals surface area contributed by atoms with Crippen molar-refractivity contribution in [2.24, 2.45) is 5.92 Å². The topological polar surface area (TPSA) is 54.3 Å². The van der Waals surface area contributed by atoms with Crippen LogP contribution in [0.4, 0.5) is 4.39 Å². The van der Waals surface area contributed by atoms with Crippen LogP contribution < -0.4 is 10.9 Å². The summed E-state index contributed by atoms with van der Waals surface area (Å²) < 4.78 is 16.0. The average molecular weight is 314 g/mol. The van der Waals surface area contributed by atoms with Gasteiger partial charge in [0.15, 0.2) is 0 Å². The molecule has 2 aliphatic rings. The SMILES string of the molecule is O=c1c(-c2ccccc2F)c(CO)cc2n1CC1CNCC2C1. The van der Waals surface area contributed by atoms with Gasteiger partial charge in [0.1, 0.15) is 5.82 Å². The molecule has 0 saturated carbocycles. The van der Waals surface area contributed by atoms with Crippen molar-refractivity contribution in [3.63, 3.8) is 0 Å². The van der Waals surface area contributed by atoms with Gasteiger partial charge in [0.25, 0.3) is 5.56 Å². The van der Waals surface area contributed by atoms with Crippen LogP contribution in [0.3, 0.4) is 0 Å². The average Bonchev–Trinajstić information content (AvgIpc) is 2.57. The fourth-order valence-corrected chi connectivity index (χ4v) is 3.97. The lowest BCUT2D eigenvalue weighted by atomic mass is 9.83. The number of benzene rings is 1. The van der Waals surface area contributed by atoms with E-state index in [9.17, 15) is 14.3 Å². The Morgan fingerprint density at radius 1 is 1.30 bits per heavy atom. The van der Waals surface area contributed by atoms with Gasteiger partial charge < -0.3 is 15.0 Å². The summed E-state index contributed by atoms with van der Waals surface area (Å²) in [6.07, 6.45) is 1.07. The minimum Gasteiger partial charge on any atom is -0.392 e. The zero-order valence-corrected chi connectivity index (χ0v) is 12.8. The lowest BCUT2D eigenvalue weighted by molar-refractivity contribution is 0.253. The van der Waals surface area contributed by atoms with E-state index in [0.717, 1.165) is 25.2 Å². The van der Waals surface area contributed by atoms with Crippen molar-refractivity contribution in [3.05, 3.63) is 57.8 Å².